The molecule has 0 spiro atoms. The molecule has 0 radical (unpaired) electrons. The van der Waals surface area contributed by atoms with Gasteiger partial charge in [0.1, 0.15) is 11.9 Å². The van der Waals surface area contributed by atoms with Gasteiger partial charge in [0.15, 0.2) is 5.78 Å². The highest BCUT2D eigenvalue weighted by atomic mass is 79.9. The molecule has 1 unspecified atom stereocenters. The van der Waals surface area contributed by atoms with E-state index in [0.29, 0.717) is 22.6 Å². The van der Waals surface area contributed by atoms with Gasteiger partial charge in [-0.3, -0.25) is 4.79 Å². The minimum atomic E-state index is -0.327. The predicted molar refractivity (Wildman–Crippen MR) is 70.9 cm³/mol. The van der Waals surface area contributed by atoms with E-state index in [4.69, 9.17) is 4.74 Å². The second-order valence-corrected chi connectivity index (χ2v) is 5.55. The third-order valence-electron chi connectivity index (χ3n) is 3.01. The summed E-state index contributed by atoms with van der Waals surface area (Å²) in [6, 6.07) is 4.56. The smallest absolute Gasteiger partial charge is 0.166 e. The molecule has 1 fully saturated rings. The molecule has 1 aromatic carbocycles. The summed E-state index contributed by atoms with van der Waals surface area (Å²) in [5, 5.41) is 0. The largest absolute Gasteiger partial charge is 0.370 e. The number of rotatable bonds is 6. The zero-order valence-corrected chi connectivity index (χ0v) is 11.9. The van der Waals surface area contributed by atoms with Crippen LogP contribution in [0.3, 0.4) is 0 Å². The number of carbonyl (C=O) groups excluding carboxylic acids is 1. The Hall–Kier alpha value is -0.740. The van der Waals surface area contributed by atoms with E-state index in [1.54, 1.807) is 6.07 Å². The number of hydrogen-bond acceptors (Lipinski definition) is 2. The van der Waals surface area contributed by atoms with E-state index in [2.05, 4.69) is 15.9 Å². The van der Waals surface area contributed by atoms with E-state index in [1.165, 1.54) is 12.1 Å². The van der Waals surface area contributed by atoms with Gasteiger partial charge in [0, 0.05) is 17.5 Å². The second kappa shape index (κ2) is 5.93. The van der Waals surface area contributed by atoms with Crippen LogP contribution in [0.2, 0.25) is 0 Å². The number of benzene rings is 1. The van der Waals surface area contributed by atoms with Gasteiger partial charge in [-0.25, -0.2) is 4.39 Å². The van der Waals surface area contributed by atoms with Crippen LogP contribution in [-0.4, -0.2) is 18.5 Å². The molecule has 0 amide bonds. The van der Waals surface area contributed by atoms with Gasteiger partial charge < -0.3 is 4.74 Å². The minimum absolute atomic E-state index is 0.0526. The van der Waals surface area contributed by atoms with Gasteiger partial charge >= 0.3 is 0 Å². The SMILES string of the molecule is CCOC(C(=O)Cc1cc(F)cc(Br)c1)C1CC1. The molecule has 0 aliphatic heterocycles. The van der Waals surface area contributed by atoms with Crippen molar-refractivity contribution in [2.24, 2.45) is 5.92 Å². The normalized spacial score (nSPS) is 16.6. The molecular formula is C14H16BrFO2. The Morgan fingerprint density at radius 1 is 1.50 bits per heavy atom. The summed E-state index contributed by atoms with van der Waals surface area (Å²) in [5.74, 6) is 0.0952. The van der Waals surface area contributed by atoms with Crippen LogP contribution in [0.5, 0.6) is 0 Å². The highest BCUT2D eigenvalue weighted by Crippen LogP contribution is 2.35. The second-order valence-electron chi connectivity index (χ2n) is 4.63. The summed E-state index contributed by atoms with van der Waals surface area (Å²) >= 11 is 3.23. The molecule has 0 aromatic heterocycles. The average molecular weight is 315 g/mol. The molecule has 1 aliphatic rings. The maximum atomic E-state index is 13.2. The fraction of sp³-hybridized carbons (Fsp3) is 0.500. The summed E-state index contributed by atoms with van der Waals surface area (Å²) in [5.41, 5.74) is 0.692. The molecule has 1 aromatic rings. The van der Waals surface area contributed by atoms with Crippen LogP contribution in [0.4, 0.5) is 4.39 Å². The molecular weight excluding hydrogens is 299 g/mol. The molecule has 1 aliphatic carbocycles. The zero-order valence-electron chi connectivity index (χ0n) is 10.3. The summed E-state index contributed by atoms with van der Waals surface area (Å²) in [4.78, 5) is 12.1. The van der Waals surface area contributed by atoms with E-state index < -0.39 is 0 Å². The lowest BCUT2D eigenvalue weighted by molar-refractivity contribution is -0.130. The van der Waals surface area contributed by atoms with E-state index >= 15 is 0 Å². The molecule has 1 saturated carbocycles. The Kier molecular flexibility index (Phi) is 4.51. The molecule has 98 valence electrons. The van der Waals surface area contributed by atoms with Crippen LogP contribution >= 0.6 is 15.9 Å². The van der Waals surface area contributed by atoms with Crippen LogP contribution in [-0.2, 0) is 16.0 Å². The van der Waals surface area contributed by atoms with Crippen molar-refractivity contribution in [1.29, 1.82) is 0 Å². The molecule has 2 rings (SSSR count). The van der Waals surface area contributed by atoms with Crippen LogP contribution in [0.15, 0.2) is 22.7 Å². The third-order valence-corrected chi connectivity index (χ3v) is 3.47. The molecule has 2 nitrogen and oxygen atoms in total. The lowest BCUT2D eigenvalue weighted by Crippen LogP contribution is -2.28. The highest BCUT2D eigenvalue weighted by Gasteiger charge is 2.36. The van der Waals surface area contributed by atoms with Gasteiger partial charge in [-0.05, 0) is 49.4 Å². The topological polar surface area (TPSA) is 26.3 Å². The summed E-state index contributed by atoms with van der Waals surface area (Å²) in [6.07, 6.45) is 2.04. The van der Waals surface area contributed by atoms with Crippen molar-refractivity contribution in [3.05, 3.63) is 34.1 Å². The number of ether oxygens (including phenoxy) is 1. The molecule has 0 heterocycles. The molecule has 18 heavy (non-hydrogen) atoms. The average Bonchev–Trinajstić information content (AvgIpc) is 3.07. The monoisotopic (exact) mass is 314 g/mol. The zero-order chi connectivity index (χ0) is 13.1. The van der Waals surface area contributed by atoms with Gasteiger partial charge in [0.2, 0.25) is 0 Å². The van der Waals surface area contributed by atoms with E-state index in [1.807, 2.05) is 6.92 Å². The van der Waals surface area contributed by atoms with Gasteiger partial charge in [0.25, 0.3) is 0 Å². The lowest BCUT2D eigenvalue weighted by Gasteiger charge is -2.15. The van der Waals surface area contributed by atoms with Gasteiger partial charge in [-0.2, -0.15) is 0 Å². The first-order valence-corrected chi connectivity index (χ1v) is 6.98. The summed E-state index contributed by atoms with van der Waals surface area (Å²) in [6.45, 7) is 2.43. The number of halogens is 2. The van der Waals surface area contributed by atoms with Crippen molar-refractivity contribution in [1.82, 2.24) is 0 Å². The van der Waals surface area contributed by atoms with Crippen molar-refractivity contribution >= 4 is 21.7 Å². The van der Waals surface area contributed by atoms with Gasteiger partial charge in [-0.15, -0.1) is 0 Å². The van der Waals surface area contributed by atoms with Crippen LogP contribution < -0.4 is 0 Å². The van der Waals surface area contributed by atoms with Crippen molar-refractivity contribution in [2.45, 2.75) is 32.3 Å². The quantitative estimate of drug-likeness (QED) is 0.803. The minimum Gasteiger partial charge on any atom is -0.370 e. The molecule has 0 N–H and O–H groups in total. The Balaban J connectivity index is 2.04. The first-order valence-electron chi connectivity index (χ1n) is 6.19. The number of carbonyl (C=O) groups is 1. The Bertz CT molecular complexity index is 423. The predicted octanol–water partition coefficient (Wildman–Crippen LogP) is 3.51. The van der Waals surface area contributed by atoms with Crippen molar-refractivity contribution in [2.75, 3.05) is 6.61 Å². The standard InChI is InChI=1S/C14H16BrFO2/c1-2-18-14(10-3-4-10)13(17)7-9-5-11(15)8-12(16)6-9/h5-6,8,10,14H,2-4,7H2,1H3. The van der Waals surface area contributed by atoms with Crippen LogP contribution in [0.25, 0.3) is 0 Å². The number of ketones is 1. The van der Waals surface area contributed by atoms with E-state index in [-0.39, 0.29) is 24.1 Å². The fourth-order valence-corrected chi connectivity index (χ4v) is 2.60. The van der Waals surface area contributed by atoms with Crippen molar-refractivity contribution < 1.29 is 13.9 Å². The lowest BCUT2D eigenvalue weighted by atomic mass is 10.0. The Morgan fingerprint density at radius 2 is 2.22 bits per heavy atom. The van der Waals surface area contributed by atoms with E-state index in [9.17, 15) is 9.18 Å². The Labute approximate surface area is 115 Å². The summed E-state index contributed by atoms with van der Waals surface area (Å²) in [7, 11) is 0. The molecule has 0 bridgehead atoms. The molecule has 0 saturated heterocycles. The summed E-state index contributed by atoms with van der Waals surface area (Å²) < 4.78 is 19.4. The maximum Gasteiger partial charge on any atom is 0.166 e. The third kappa shape index (κ3) is 3.62. The van der Waals surface area contributed by atoms with Gasteiger partial charge in [-0.1, -0.05) is 15.9 Å². The van der Waals surface area contributed by atoms with Crippen LogP contribution in [0, 0.1) is 11.7 Å². The Morgan fingerprint density at radius 3 is 2.78 bits per heavy atom. The van der Waals surface area contributed by atoms with E-state index in [0.717, 1.165) is 12.8 Å². The number of hydrogen-bond donors (Lipinski definition) is 0. The van der Waals surface area contributed by atoms with Crippen LogP contribution in [0.1, 0.15) is 25.3 Å². The van der Waals surface area contributed by atoms with Gasteiger partial charge in [0.05, 0.1) is 0 Å². The fourth-order valence-electron chi connectivity index (χ4n) is 2.09. The number of Topliss-reactive ketones (excluding diaryl/α,β-unsaturated/α-hetero) is 1. The highest BCUT2D eigenvalue weighted by molar-refractivity contribution is 9.10. The molecule has 4 heteroatoms. The van der Waals surface area contributed by atoms with Crippen molar-refractivity contribution in [3.63, 3.8) is 0 Å². The van der Waals surface area contributed by atoms with Crippen molar-refractivity contribution in [3.8, 4) is 0 Å². The first kappa shape index (κ1) is 13.7. The maximum absolute atomic E-state index is 13.2. The molecule has 1 atom stereocenters. The first-order chi connectivity index (χ1) is 8.60.